The molecule has 0 heterocycles. The molecule has 186 valence electrons. The maximum Gasteiger partial charge on any atom is 0.316 e. The summed E-state index contributed by atoms with van der Waals surface area (Å²) in [5, 5.41) is 15.2. The molecule has 0 atom stereocenters. The van der Waals surface area contributed by atoms with E-state index >= 15 is 0 Å². The van der Waals surface area contributed by atoms with E-state index in [0.717, 1.165) is 4.90 Å². The van der Waals surface area contributed by atoms with E-state index in [2.05, 4.69) is 10.6 Å². The Kier molecular flexibility index (Phi) is 9.53. The molecule has 0 aliphatic rings. The number of phenols is 1. The van der Waals surface area contributed by atoms with Gasteiger partial charge in [0, 0.05) is 27.8 Å². The molecule has 9 heteroatoms. The third-order valence-electron chi connectivity index (χ3n) is 4.82. The van der Waals surface area contributed by atoms with Gasteiger partial charge in [-0.2, -0.15) is 0 Å². The lowest BCUT2D eigenvalue weighted by Crippen LogP contribution is -2.30. The maximum atomic E-state index is 13.2. The van der Waals surface area contributed by atoms with Crippen LogP contribution in [-0.4, -0.2) is 42.4 Å². The summed E-state index contributed by atoms with van der Waals surface area (Å²) in [6.07, 6.45) is 1.47. The number of ether oxygens (including phenoxy) is 2. The Labute approximate surface area is 213 Å². The van der Waals surface area contributed by atoms with E-state index < -0.39 is 11.8 Å². The van der Waals surface area contributed by atoms with Gasteiger partial charge in [0.1, 0.15) is 17.2 Å². The minimum absolute atomic E-state index is 0.00392. The van der Waals surface area contributed by atoms with Gasteiger partial charge in [-0.05, 0) is 61.5 Å². The molecule has 0 bridgehead atoms. The van der Waals surface area contributed by atoms with Crippen LogP contribution < -0.4 is 15.4 Å². The fourth-order valence-corrected chi connectivity index (χ4v) is 3.79. The van der Waals surface area contributed by atoms with Crippen molar-refractivity contribution in [1.82, 2.24) is 5.32 Å². The average Bonchev–Trinajstić information content (AvgIpc) is 2.89. The zero-order chi connectivity index (χ0) is 25.9. The number of anilines is 1. The number of esters is 1. The molecule has 3 rings (SSSR count). The van der Waals surface area contributed by atoms with Gasteiger partial charge in [-0.3, -0.25) is 14.4 Å². The number of thioether (sulfide) groups is 1. The number of hydrogen-bond donors (Lipinski definition) is 3. The molecule has 3 aromatic rings. The van der Waals surface area contributed by atoms with E-state index in [1.807, 2.05) is 0 Å². The lowest BCUT2D eigenvalue weighted by molar-refractivity contribution is -0.139. The first kappa shape index (κ1) is 26.4. The second-order valence-electron chi connectivity index (χ2n) is 7.38. The summed E-state index contributed by atoms with van der Waals surface area (Å²) in [4.78, 5) is 38.3. The highest BCUT2D eigenvalue weighted by Crippen LogP contribution is 2.26. The number of hydrogen-bond acceptors (Lipinski definition) is 7. The number of amides is 2. The summed E-state index contributed by atoms with van der Waals surface area (Å²) in [7, 11) is 1.44. The molecule has 36 heavy (non-hydrogen) atoms. The standard InChI is InChI=1S/C27H26N2O6S/c1-3-35-25(31)17-36-22-13-10-20(11-14-22)28-27(33)23(29-26(32)18-7-5-4-6-8-18)15-19-9-12-21(30)16-24(19)34-2/h4-16,30H,3,17H2,1-2H3,(H,28,33)(H,29,32)/b23-15-. The quantitative estimate of drug-likeness (QED) is 0.211. The fraction of sp³-hybridized carbons (Fsp3) is 0.148. The third-order valence-corrected chi connectivity index (χ3v) is 5.81. The molecule has 2 amide bonds. The first-order valence-electron chi connectivity index (χ1n) is 11.0. The Morgan fingerprint density at radius 2 is 1.72 bits per heavy atom. The topological polar surface area (TPSA) is 114 Å². The highest BCUT2D eigenvalue weighted by molar-refractivity contribution is 8.00. The molecule has 0 radical (unpaired) electrons. The molecule has 0 spiro atoms. The number of carbonyl (C=O) groups is 3. The van der Waals surface area contributed by atoms with Crippen LogP contribution in [0.5, 0.6) is 11.5 Å². The van der Waals surface area contributed by atoms with Gasteiger partial charge >= 0.3 is 5.97 Å². The summed E-state index contributed by atoms with van der Waals surface area (Å²) in [5.74, 6) is -0.788. The molecule has 0 fully saturated rings. The number of carbonyl (C=O) groups excluding carboxylic acids is 3. The van der Waals surface area contributed by atoms with E-state index in [1.54, 1.807) is 67.6 Å². The number of phenolic OH excluding ortho intramolecular Hbond substituents is 1. The van der Waals surface area contributed by atoms with Crippen LogP contribution in [0.4, 0.5) is 5.69 Å². The molecular formula is C27H26N2O6S. The predicted molar refractivity (Wildman–Crippen MR) is 139 cm³/mol. The van der Waals surface area contributed by atoms with Gasteiger partial charge in [-0.1, -0.05) is 18.2 Å². The molecular weight excluding hydrogens is 480 g/mol. The van der Waals surface area contributed by atoms with Gasteiger partial charge in [0.05, 0.1) is 19.5 Å². The van der Waals surface area contributed by atoms with Crippen LogP contribution in [0.25, 0.3) is 6.08 Å². The first-order valence-corrected chi connectivity index (χ1v) is 12.0. The zero-order valence-corrected chi connectivity index (χ0v) is 20.6. The van der Waals surface area contributed by atoms with Gasteiger partial charge in [0.25, 0.3) is 11.8 Å². The first-order chi connectivity index (χ1) is 17.4. The highest BCUT2D eigenvalue weighted by Gasteiger charge is 2.16. The summed E-state index contributed by atoms with van der Waals surface area (Å²) in [6, 6.07) is 19.9. The van der Waals surface area contributed by atoms with E-state index in [-0.39, 0.29) is 23.2 Å². The SMILES string of the molecule is CCOC(=O)CSc1ccc(NC(=O)/C(=C/c2ccc(O)cc2OC)NC(=O)c2ccccc2)cc1. The maximum absolute atomic E-state index is 13.2. The molecule has 0 aliphatic heterocycles. The van der Waals surface area contributed by atoms with E-state index in [9.17, 15) is 19.5 Å². The normalized spacial score (nSPS) is 10.9. The van der Waals surface area contributed by atoms with Crippen LogP contribution in [0, 0.1) is 0 Å². The molecule has 0 aromatic heterocycles. The summed E-state index contributed by atoms with van der Waals surface area (Å²) in [6.45, 7) is 2.08. The van der Waals surface area contributed by atoms with E-state index in [1.165, 1.54) is 37.1 Å². The predicted octanol–water partition coefficient (Wildman–Crippen LogP) is 4.47. The van der Waals surface area contributed by atoms with Gasteiger partial charge in [-0.25, -0.2) is 0 Å². The molecule has 0 saturated carbocycles. The minimum atomic E-state index is -0.554. The zero-order valence-electron chi connectivity index (χ0n) is 19.8. The molecule has 0 aliphatic carbocycles. The smallest absolute Gasteiger partial charge is 0.316 e. The van der Waals surface area contributed by atoms with Crippen molar-refractivity contribution in [3.05, 3.63) is 89.6 Å². The Morgan fingerprint density at radius 3 is 2.39 bits per heavy atom. The highest BCUT2D eigenvalue weighted by atomic mass is 32.2. The summed E-state index contributed by atoms with van der Waals surface area (Å²) >= 11 is 1.33. The van der Waals surface area contributed by atoms with Crippen LogP contribution in [-0.2, 0) is 14.3 Å². The largest absolute Gasteiger partial charge is 0.508 e. The van der Waals surface area contributed by atoms with Gasteiger partial charge in [0.15, 0.2) is 0 Å². The molecule has 3 aromatic carbocycles. The van der Waals surface area contributed by atoms with E-state index in [4.69, 9.17) is 9.47 Å². The van der Waals surface area contributed by atoms with Crippen molar-refractivity contribution in [3.63, 3.8) is 0 Å². The molecule has 3 N–H and O–H groups in total. The number of nitrogens with one attached hydrogen (secondary N) is 2. The number of benzene rings is 3. The van der Waals surface area contributed by atoms with Crippen molar-refractivity contribution >= 4 is 41.3 Å². The Hall–Kier alpha value is -4.24. The average molecular weight is 507 g/mol. The Morgan fingerprint density at radius 1 is 1.00 bits per heavy atom. The van der Waals surface area contributed by atoms with Gasteiger partial charge in [0.2, 0.25) is 0 Å². The van der Waals surface area contributed by atoms with Crippen LogP contribution in [0.15, 0.2) is 83.4 Å². The van der Waals surface area contributed by atoms with Crippen LogP contribution in [0.1, 0.15) is 22.8 Å². The molecule has 0 unspecified atom stereocenters. The van der Waals surface area contributed by atoms with Gasteiger partial charge < -0.3 is 25.2 Å². The lowest BCUT2D eigenvalue weighted by Gasteiger charge is -2.13. The second kappa shape index (κ2) is 13.0. The summed E-state index contributed by atoms with van der Waals surface area (Å²) < 4.78 is 10.2. The van der Waals surface area contributed by atoms with Crippen LogP contribution >= 0.6 is 11.8 Å². The monoisotopic (exact) mass is 506 g/mol. The van der Waals surface area contributed by atoms with E-state index in [0.29, 0.717) is 29.2 Å². The molecule has 0 saturated heterocycles. The fourth-order valence-electron chi connectivity index (χ4n) is 3.09. The van der Waals surface area contributed by atoms with Gasteiger partial charge in [-0.15, -0.1) is 11.8 Å². The number of methoxy groups -OCH3 is 1. The van der Waals surface area contributed by atoms with Crippen LogP contribution in [0.2, 0.25) is 0 Å². The second-order valence-corrected chi connectivity index (χ2v) is 8.43. The minimum Gasteiger partial charge on any atom is -0.508 e. The Bertz CT molecular complexity index is 1240. The number of aromatic hydroxyl groups is 1. The third kappa shape index (κ3) is 7.64. The van der Waals surface area contributed by atoms with Crippen molar-refractivity contribution in [2.75, 3.05) is 24.8 Å². The van der Waals surface area contributed by atoms with Crippen LogP contribution in [0.3, 0.4) is 0 Å². The number of rotatable bonds is 10. The molecule has 8 nitrogen and oxygen atoms in total. The van der Waals surface area contributed by atoms with Crippen molar-refractivity contribution in [1.29, 1.82) is 0 Å². The Balaban J connectivity index is 1.80. The van der Waals surface area contributed by atoms with Crippen molar-refractivity contribution in [2.45, 2.75) is 11.8 Å². The van der Waals surface area contributed by atoms with Crippen molar-refractivity contribution in [2.24, 2.45) is 0 Å². The lowest BCUT2D eigenvalue weighted by atomic mass is 10.1. The van der Waals surface area contributed by atoms with Crippen molar-refractivity contribution in [3.8, 4) is 11.5 Å². The van der Waals surface area contributed by atoms with Crippen molar-refractivity contribution < 1.29 is 29.0 Å². The summed E-state index contributed by atoms with van der Waals surface area (Å²) in [5.41, 5.74) is 1.35.